The predicted octanol–water partition coefficient (Wildman–Crippen LogP) is 4.54. The van der Waals surface area contributed by atoms with Gasteiger partial charge in [0.1, 0.15) is 11.5 Å². The van der Waals surface area contributed by atoms with Gasteiger partial charge in [0.15, 0.2) is 0 Å². The number of aryl methyl sites for hydroxylation is 1. The van der Waals surface area contributed by atoms with Gasteiger partial charge < -0.3 is 14.8 Å². The van der Waals surface area contributed by atoms with E-state index >= 15 is 0 Å². The third-order valence-corrected chi connectivity index (χ3v) is 6.87. The van der Waals surface area contributed by atoms with Gasteiger partial charge >= 0.3 is 0 Å². The van der Waals surface area contributed by atoms with Crippen molar-refractivity contribution in [3.05, 3.63) is 72.3 Å². The van der Waals surface area contributed by atoms with Gasteiger partial charge in [-0.25, -0.2) is 8.42 Å². The summed E-state index contributed by atoms with van der Waals surface area (Å²) in [4.78, 5) is 13.3. The lowest BCUT2D eigenvalue weighted by Gasteiger charge is -2.13. The lowest BCUT2D eigenvalue weighted by atomic mass is 10.2. The maximum Gasteiger partial charge on any atom is 0.262 e. The molecule has 0 atom stereocenters. The second kappa shape index (κ2) is 10.4. The van der Waals surface area contributed by atoms with Crippen LogP contribution >= 0.6 is 11.8 Å². The number of amides is 1. The fourth-order valence-corrected chi connectivity index (χ4v) is 4.60. The highest BCUT2D eigenvalue weighted by Gasteiger charge is 2.17. The summed E-state index contributed by atoms with van der Waals surface area (Å²) in [6.07, 6.45) is 0. The van der Waals surface area contributed by atoms with Crippen LogP contribution in [0, 0.1) is 6.92 Å². The lowest BCUT2D eigenvalue weighted by Crippen LogP contribution is -2.15. The molecule has 9 heteroatoms. The smallest absolute Gasteiger partial charge is 0.262 e. The number of rotatable bonds is 9. The standard InChI is InChI=1S/C23H24N2O5S2/c1-16-4-13-22(30-3)21(14-16)25-32(27,28)20-11-5-17(6-12-20)24-23(26)15-31-19-9-7-18(29-2)8-10-19/h4-14,25H,15H2,1-3H3,(H,24,26). The molecule has 7 nitrogen and oxygen atoms in total. The Hall–Kier alpha value is -3.17. The number of carbonyl (C=O) groups is 1. The second-order valence-corrected chi connectivity index (χ2v) is 9.58. The minimum atomic E-state index is -3.82. The van der Waals surface area contributed by atoms with Crippen molar-refractivity contribution < 1.29 is 22.7 Å². The van der Waals surface area contributed by atoms with Gasteiger partial charge in [0, 0.05) is 10.6 Å². The Labute approximate surface area is 192 Å². The molecule has 32 heavy (non-hydrogen) atoms. The number of ether oxygens (including phenoxy) is 2. The van der Waals surface area contributed by atoms with Crippen LogP contribution in [0.1, 0.15) is 5.56 Å². The number of nitrogens with one attached hydrogen (secondary N) is 2. The number of anilines is 2. The highest BCUT2D eigenvalue weighted by atomic mass is 32.2. The number of hydrogen-bond donors (Lipinski definition) is 2. The Balaban J connectivity index is 1.61. The SMILES string of the molecule is COc1ccc(SCC(=O)Nc2ccc(S(=O)(=O)Nc3cc(C)ccc3OC)cc2)cc1. The van der Waals surface area contributed by atoms with Gasteiger partial charge in [0.2, 0.25) is 5.91 Å². The average Bonchev–Trinajstić information content (AvgIpc) is 2.78. The summed E-state index contributed by atoms with van der Waals surface area (Å²) < 4.78 is 38.4. The number of benzene rings is 3. The number of hydrogen-bond acceptors (Lipinski definition) is 6. The van der Waals surface area contributed by atoms with E-state index in [9.17, 15) is 13.2 Å². The Kier molecular flexibility index (Phi) is 7.66. The first kappa shape index (κ1) is 23.5. The summed E-state index contributed by atoms with van der Waals surface area (Å²) >= 11 is 1.39. The first-order valence-electron chi connectivity index (χ1n) is 9.65. The largest absolute Gasteiger partial charge is 0.497 e. The number of thioether (sulfide) groups is 1. The first-order valence-corrected chi connectivity index (χ1v) is 12.1. The molecule has 0 heterocycles. The molecule has 0 aliphatic rings. The van der Waals surface area contributed by atoms with E-state index in [2.05, 4.69) is 10.0 Å². The Morgan fingerprint density at radius 2 is 1.62 bits per heavy atom. The zero-order chi connectivity index (χ0) is 23.1. The quantitative estimate of drug-likeness (QED) is 0.444. The summed E-state index contributed by atoms with van der Waals surface area (Å²) in [6, 6.07) is 18.7. The molecule has 0 saturated heterocycles. The molecule has 0 aliphatic carbocycles. The summed E-state index contributed by atoms with van der Waals surface area (Å²) in [7, 11) is -0.739. The molecule has 0 radical (unpaired) electrons. The molecule has 0 aromatic heterocycles. The summed E-state index contributed by atoms with van der Waals surface area (Å²) in [5.74, 6) is 1.21. The minimum absolute atomic E-state index is 0.0756. The summed E-state index contributed by atoms with van der Waals surface area (Å²) in [5, 5.41) is 2.77. The molecule has 0 spiro atoms. The van der Waals surface area contributed by atoms with E-state index in [1.807, 2.05) is 37.3 Å². The Morgan fingerprint density at radius 3 is 2.25 bits per heavy atom. The molecule has 0 aliphatic heterocycles. The summed E-state index contributed by atoms with van der Waals surface area (Å²) in [6.45, 7) is 1.86. The molecule has 0 fully saturated rings. The zero-order valence-electron chi connectivity index (χ0n) is 17.9. The first-order chi connectivity index (χ1) is 15.3. The highest BCUT2D eigenvalue weighted by Crippen LogP contribution is 2.28. The fraction of sp³-hybridized carbons (Fsp3) is 0.174. The van der Waals surface area contributed by atoms with Crippen molar-refractivity contribution in [2.45, 2.75) is 16.7 Å². The van der Waals surface area contributed by atoms with Crippen molar-refractivity contribution in [1.82, 2.24) is 0 Å². The molecule has 3 aromatic carbocycles. The van der Waals surface area contributed by atoms with Crippen LogP contribution in [0.15, 0.2) is 76.5 Å². The maximum absolute atomic E-state index is 12.8. The Morgan fingerprint density at radius 1 is 0.938 bits per heavy atom. The van der Waals surface area contributed by atoms with Crippen LogP contribution < -0.4 is 19.5 Å². The molecule has 0 bridgehead atoms. The number of carbonyl (C=O) groups excluding carboxylic acids is 1. The molecule has 168 valence electrons. The van der Waals surface area contributed by atoms with Crippen LogP contribution in [0.25, 0.3) is 0 Å². The van der Waals surface area contributed by atoms with E-state index in [1.165, 1.54) is 31.0 Å². The summed E-state index contributed by atoms with van der Waals surface area (Å²) in [5.41, 5.74) is 1.77. The van der Waals surface area contributed by atoms with Gasteiger partial charge in [0.25, 0.3) is 10.0 Å². The molecule has 1 amide bonds. The molecular formula is C23H24N2O5S2. The molecule has 0 unspecified atom stereocenters. The van der Waals surface area contributed by atoms with Gasteiger partial charge in [-0.1, -0.05) is 6.07 Å². The predicted molar refractivity (Wildman–Crippen MR) is 127 cm³/mol. The van der Waals surface area contributed by atoms with Crippen LogP contribution in [0.2, 0.25) is 0 Å². The van der Waals surface area contributed by atoms with Gasteiger partial charge in [-0.3, -0.25) is 9.52 Å². The van der Waals surface area contributed by atoms with Crippen molar-refractivity contribution in [3.63, 3.8) is 0 Å². The molecular weight excluding hydrogens is 448 g/mol. The maximum atomic E-state index is 12.8. The number of methoxy groups -OCH3 is 2. The topological polar surface area (TPSA) is 93.7 Å². The van der Waals surface area contributed by atoms with Crippen LogP contribution in [-0.4, -0.2) is 34.3 Å². The van der Waals surface area contributed by atoms with Crippen molar-refractivity contribution >= 4 is 39.1 Å². The normalized spacial score (nSPS) is 11.0. The van der Waals surface area contributed by atoms with E-state index in [1.54, 1.807) is 31.4 Å². The second-order valence-electron chi connectivity index (χ2n) is 6.85. The average molecular weight is 473 g/mol. The van der Waals surface area contributed by atoms with Gasteiger partial charge in [-0.05, 0) is 73.2 Å². The van der Waals surface area contributed by atoms with E-state index < -0.39 is 10.0 Å². The van der Waals surface area contributed by atoms with E-state index in [-0.39, 0.29) is 16.6 Å². The third-order valence-electron chi connectivity index (χ3n) is 4.48. The highest BCUT2D eigenvalue weighted by molar-refractivity contribution is 8.00. The number of sulfonamides is 1. The van der Waals surface area contributed by atoms with Crippen molar-refractivity contribution in [2.75, 3.05) is 30.0 Å². The van der Waals surface area contributed by atoms with Gasteiger partial charge in [-0.15, -0.1) is 11.8 Å². The monoisotopic (exact) mass is 472 g/mol. The fourth-order valence-electron chi connectivity index (χ4n) is 2.84. The van der Waals surface area contributed by atoms with E-state index in [0.29, 0.717) is 17.1 Å². The van der Waals surface area contributed by atoms with E-state index in [4.69, 9.17) is 9.47 Å². The van der Waals surface area contributed by atoms with Crippen molar-refractivity contribution in [2.24, 2.45) is 0 Å². The molecule has 3 rings (SSSR count). The third kappa shape index (κ3) is 6.18. The van der Waals surface area contributed by atoms with Gasteiger partial charge in [0.05, 0.1) is 30.6 Å². The minimum Gasteiger partial charge on any atom is -0.497 e. The van der Waals surface area contributed by atoms with Crippen LogP contribution in [0.3, 0.4) is 0 Å². The van der Waals surface area contributed by atoms with Gasteiger partial charge in [-0.2, -0.15) is 0 Å². The van der Waals surface area contributed by atoms with E-state index in [0.717, 1.165) is 16.2 Å². The van der Waals surface area contributed by atoms with Crippen LogP contribution in [0.5, 0.6) is 11.5 Å². The molecule has 2 N–H and O–H groups in total. The van der Waals surface area contributed by atoms with Crippen molar-refractivity contribution in [1.29, 1.82) is 0 Å². The van der Waals surface area contributed by atoms with Crippen LogP contribution in [-0.2, 0) is 14.8 Å². The molecule has 0 saturated carbocycles. The Bertz CT molecular complexity index is 1180. The van der Waals surface area contributed by atoms with Crippen molar-refractivity contribution in [3.8, 4) is 11.5 Å². The van der Waals surface area contributed by atoms with Crippen LogP contribution in [0.4, 0.5) is 11.4 Å². The molecule has 3 aromatic rings. The zero-order valence-corrected chi connectivity index (χ0v) is 19.5. The lowest BCUT2D eigenvalue weighted by molar-refractivity contribution is -0.113.